The number of hydrogen-bond donors (Lipinski definition) is 1. The Labute approximate surface area is 104 Å². The van der Waals surface area contributed by atoms with Gasteiger partial charge in [-0.15, -0.1) is 0 Å². The number of rotatable bonds is 4. The van der Waals surface area contributed by atoms with E-state index in [0.717, 1.165) is 4.47 Å². The first-order chi connectivity index (χ1) is 7.54. The number of halogens is 1. The molecule has 0 aliphatic rings. The number of carbonyl (C=O) groups excluding carboxylic acids is 1. The molecule has 0 aromatic heterocycles. The van der Waals surface area contributed by atoms with Crippen molar-refractivity contribution >= 4 is 21.8 Å². The lowest BCUT2D eigenvalue weighted by Crippen LogP contribution is -2.30. The molecule has 0 fully saturated rings. The van der Waals surface area contributed by atoms with Crippen molar-refractivity contribution in [2.45, 2.75) is 26.8 Å². The highest BCUT2D eigenvalue weighted by atomic mass is 79.9. The molecule has 0 heterocycles. The van der Waals surface area contributed by atoms with Crippen molar-refractivity contribution in [2.24, 2.45) is 0 Å². The Bertz CT molecular complexity index is 377. The maximum Gasteiger partial charge on any atom is 0.251 e. The molecule has 3 nitrogen and oxygen atoms in total. The molecule has 4 heteroatoms. The maximum absolute atomic E-state index is 11.7. The molecule has 0 bridgehead atoms. The third-order valence-electron chi connectivity index (χ3n) is 1.91. The second-order valence-electron chi connectivity index (χ2n) is 3.71. The Balaban J connectivity index is 2.89. The zero-order valence-electron chi connectivity index (χ0n) is 9.71. The molecule has 88 valence electrons. The Kier molecular flexibility index (Phi) is 4.80. The lowest BCUT2D eigenvalue weighted by atomic mass is 10.2. The summed E-state index contributed by atoms with van der Waals surface area (Å²) in [5.41, 5.74) is 0.611. The summed E-state index contributed by atoms with van der Waals surface area (Å²) in [6.45, 7) is 6.35. The third kappa shape index (κ3) is 3.52. The van der Waals surface area contributed by atoms with E-state index in [0.29, 0.717) is 17.9 Å². The summed E-state index contributed by atoms with van der Waals surface area (Å²) in [6, 6.07) is 5.46. The maximum atomic E-state index is 11.7. The molecule has 0 unspecified atom stereocenters. The first kappa shape index (κ1) is 13.0. The van der Waals surface area contributed by atoms with E-state index in [2.05, 4.69) is 21.2 Å². The fourth-order valence-corrected chi connectivity index (χ4v) is 1.62. The summed E-state index contributed by atoms with van der Waals surface area (Å²) in [6.07, 6.45) is 0. The van der Waals surface area contributed by atoms with Crippen molar-refractivity contribution in [3.8, 4) is 5.75 Å². The predicted octanol–water partition coefficient (Wildman–Crippen LogP) is 2.99. The monoisotopic (exact) mass is 285 g/mol. The van der Waals surface area contributed by atoms with Crippen LogP contribution in [-0.2, 0) is 0 Å². The van der Waals surface area contributed by atoms with Crippen molar-refractivity contribution in [3.63, 3.8) is 0 Å². The molecule has 0 spiro atoms. The zero-order valence-corrected chi connectivity index (χ0v) is 11.3. The molecule has 1 N–H and O–H groups in total. The van der Waals surface area contributed by atoms with E-state index in [1.54, 1.807) is 12.1 Å². The summed E-state index contributed by atoms with van der Waals surface area (Å²) < 4.78 is 6.26. The Morgan fingerprint density at radius 1 is 1.50 bits per heavy atom. The lowest BCUT2D eigenvalue weighted by molar-refractivity contribution is 0.0942. The standard InChI is InChI=1S/C12H16BrNO2/c1-4-16-11-7-9(5-6-10(11)13)12(15)14-8(2)3/h5-8H,4H2,1-3H3,(H,14,15). The zero-order chi connectivity index (χ0) is 12.1. The van der Waals surface area contributed by atoms with Crippen LogP contribution in [0.15, 0.2) is 22.7 Å². The molecule has 0 aliphatic heterocycles. The average molecular weight is 286 g/mol. The molecule has 0 saturated heterocycles. The van der Waals surface area contributed by atoms with Gasteiger partial charge in [0.15, 0.2) is 0 Å². The molecule has 0 atom stereocenters. The minimum absolute atomic E-state index is 0.0801. The summed E-state index contributed by atoms with van der Waals surface area (Å²) >= 11 is 3.37. The SMILES string of the molecule is CCOc1cc(C(=O)NC(C)C)ccc1Br. The minimum Gasteiger partial charge on any atom is -0.493 e. The van der Waals surface area contributed by atoms with Gasteiger partial charge in [-0.05, 0) is 54.9 Å². The summed E-state index contributed by atoms with van der Waals surface area (Å²) in [7, 11) is 0. The number of amides is 1. The van der Waals surface area contributed by atoms with Crippen molar-refractivity contribution < 1.29 is 9.53 Å². The highest BCUT2D eigenvalue weighted by Gasteiger charge is 2.09. The Hall–Kier alpha value is -1.03. The van der Waals surface area contributed by atoms with Gasteiger partial charge in [0.25, 0.3) is 5.91 Å². The molecule has 16 heavy (non-hydrogen) atoms. The highest BCUT2D eigenvalue weighted by molar-refractivity contribution is 9.10. The van der Waals surface area contributed by atoms with Gasteiger partial charge >= 0.3 is 0 Å². The van der Waals surface area contributed by atoms with E-state index in [1.165, 1.54) is 0 Å². The lowest BCUT2D eigenvalue weighted by Gasteiger charge is -2.10. The van der Waals surface area contributed by atoms with Gasteiger partial charge in [0.05, 0.1) is 11.1 Å². The topological polar surface area (TPSA) is 38.3 Å². The van der Waals surface area contributed by atoms with E-state index < -0.39 is 0 Å². The smallest absolute Gasteiger partial charge is 0.251 e. The molecule has 1 aromatic carbocycles. The van der Waals surface area contributed by atoms with Gasteiger partial charge in [-0.3, -0.25) is 4.79 Å². The fourth-order valence-electron chi connectivity index (χ4n) is 1.26. The molecule has 0 saturated carbocycles. The fraction of sp³-hybridized carbons (Fsp3) is 0.417. The van der Waals surface area contributed by atoms with Gasteiger partial charge in [0.2, 0.25) is 0 Å². The van der Waals surface area contributed by atoms with Gasteiger partial charge in [0.1, 0.15) is 5.75 Å². The Morgan fingerprint density at radius 2 is 2.19 bits per heavy atom. The molecule has 1 rings (SSSR count). The van der Waals surface area contributed by atoms with Crippen LogP contribution in [0, 0.1) is 0 Å². The van der Waals surface area contributed by atoms with Crippen LogP contribution in [-0.4, -0.2) is 18.6 Å². The van der Waals surface area contributed by atoms with Gasteiger partial charge in [-0.25, -0.2) is 0 Å². The normalized spacial score (nSPS) is 10.3. The number of hydrogen-bond acceptors (Lipinski definition) is 2. The van der Waals surface area contributed by atoms with Crippen LogP contribution < -0.4 is 10.1 Å². The van der Waals surface area contributed by atoms with Crippen LogP contribution >= 0.6 is 15.9 Å². The predicted molar refractivity (Wildman–Crippen MR) is 67.9 cm³/mol. The Morgan fingerprint density at radius 3 is 2.75 bits per heavy atom. The van der Waals surface area contributed by atoms with Crippen LogP contribution in [0.4, 0.5) is 0 Å². The van der Waals surface area contributed by atoms with Gasteiger partial charge in [-0.2, -0.15) is 0 Å². The van der Waals surface area contributed by atoms with Crippen LogP contribution in [0.3, 0.4) is 0 Å². The van der Waals surface area contributed by atoms with Crippen molar-refractivity contribution in [3.05, 3.63) is 28.2 Å². The molecule has 1 aromatic rings. The van der Waals surface area contributed by atoms with Crippen LogP contribution in [0.1, 0.15) is 31.1 Å². The van der Waals surface area contributed by atoms with Gasteiger partial charge in [-0.1, -0.05) is 0 Å². The van der Waals surface area contributed by atoms with E-state index in [9.17, 15) is 4.79 Å². The minimum atomic E-state index is -0.0801. The second-order valence-corrected chi connectivity index (χ2v) is 4.56. The van der Waals surface area contributed by atoms with E-state index in [4.69, 9.17) is 4.74 Å². The number of benzene rings is 1. The number of ether oxygens (including phenoxy) is 1. The molecule has 0 radical (unpaired) electrons. The summed E-state index contributed by atoms with van der Waals surface area (Å²) in [4.78, 5) is 11.7. The van der Waals surface area contributed by atoms with Crippen LogP contribution in [0.25, 0.3) is 0 Å². The summed E-state index contributed by atoms with van der Waals surface area (Å²) in [5, 5.41) is 2.84. The largest absolute Gasteiger partial charge is 0.493 e. The number of nitrogens with one attached hydrogen (secondary N) is 1. The van der Waals surface area contributed by atoms with E-state index in [-0.39, 0.29) is 11.9 Å². The molecular formula is C12H16BrNO2. The molecular weight excluding hydrogens is 270 g/mol. The van der Waals surface area contributed by atoms with Crippen LogP contribution in [0.2, 0.25) is 0 Å². The van der Waals surface area contributed by atoms with Crippen molar-refractivity contribution in [1.82, 2.24) is 5.32 Å². The van der Waals surface area contributed by atoms with Crippen LogP contribution in [0.5, 0.6) is 5.75 Å². The number of carbonyl (C=O) groups is 1. The second kappa shape index (κ2) is 5.89. The average Bonchev–Trinajstić information content (AvgIpc) is 2.20. The highest BCUT2D eigenvalue weighted by Crippen LogP contribution is 2.26. The summed E-state index contributed by atoms with van der Waals surface area (Å²) in [5.74, 6) is 0.613. The molecule has 0 aliphatic carbocycles. The van der Waals surface area contributed by atoms with Gasteiger partial charge in [0, 0.05) is 11.6 Å². The van der Waals surface area contributed by atoms with E-state index >= 15 is 0 Å². The third-order valence-corrected chi connectivity index (χ3v) is 2.57. The first-order valence-electron chi connectivity index (χ1n) is 5.27. The van der Waals surface area contributed by atoms with Crippen molar-refractivity contribution in [2.75, 3.05) is 6.61 Å². The molecule has 1 amide bonds. The van der Waals surface area contributed by atoms with Crippen molar-refractivity contribution in [1.29, 1.82) is 0 Å². The quantitative estimate of drug-likeness (QED) is 0.924. The first-order valence-corrected chi connectivity index (χ1v) is 6.07. The van der Waals surface area contributed by atoms with E-state index in [1.807, 2.05) is 26.8 Å². The van der Waals surface area contributed by atoms with Gasteiger partial charge < -0.3 is 10.1 Å².